The van der Waals surface area contributed by atoms with Crippen LogP contribution in [0.25, 0.3) is 32.8 Å². The Hall–Kier alpha value is -6.57. The number of rotatable bonds is 7. The summed E-state index contributed by atoms with van der Waals surface area (Å²) in [6.07, 6.45) is 5.15. The first kappa shape index (κ1) is 34.9. The van der Waals surface area contributed by atoms with Gasteiger partial charge in [0.2, 0.25) is 11.4 Å². The van der Waals surface area contributed by atoms with E-state index in [0.717, 1.165) is 41.1 Å². The fourth-order valence-corrected chi connectivity index (χ4v) is 6.68. The molecule has 0 unspecified atom stereocenters. The minimum absolute atomic E-state index is 0.00657. The smallest absolute Gasteiger partial charge is 0.343 e. The number of aromatic carboxylic acids is 1. The monoisotopic (exact) mass is 720 g/mol. The van der Waals surface area contributed by atoms with Crippen LogP contribution in [0.2, 0.25) is 0 Å². The molecule has 6 N–H and O–H groups in total. The molecule has 12 nitrogen and oxygen atoms in total. The topological polar surface area (TPSA) is 187 Å². The molecule has 0 spiro atoms. The standard InChI is InChI=1S/C28H26F2N6O3.C11H8O3/c1-2-39-27(38)19-13-36(17-4-5-17)24-18(25(19)37)10-20(29)22(23(24)30)15-3-6-21-14(9-15)7-8-35(21)12-16-11-33-28(32)34-26(16)31;12-10-8-4-2-1-3-7(8)5-6-9(10)11(13)14/h3,6,9-11,13,17H,2,4-5,7-8,12H2,1H3,(H4,31,32,33,34);1-6,12H,(H,13,14). The molecule has 0 atom stereocenters. The van der Waals surface area contributed by atoms with E-state index in [1.807, 2.05) is 18.2 Å². The molecule has 1 fully saturated rings. The lowest BCUT2D eigenvalue weighted by atomic mass is 9.98. The predicted octanol–water partition coefficient (Wildman–Crippen LogP) is 6.22. The Bertz CT molecular complexity index is 2520. The van der Waals surface area contributed by atoms with Gasteiger partial charge in [-0.1, -0.05) is 36.4 Å². The summed E-state index contributed by atoms with van der Waals surface area (Å²) in [4.78, 5) is 46.3. The third-order valence-electron chi connectivity index (χ3n) is 9.41. The third kappa shape index (κ3) is 6.54. The molecular formula is C39H34F2N6O6. The number of benzene rings is 4. The average molecular weight is 721 g/mol. The average Bonchev–Trinajstić information content (AvgIpc) is 3.90. The van der Waals surface area contributed by atoms with Crippen molar-refractivity contribution in [2.75, 3.05) is 29.5 Å². The van der Waals surface area contributed by atoms with Crippen LogP contribution in [0.15, 0.2) is 77.9 Å². The first-order valence-corrected chi connectivity index (χ1v) is 16.9. The maximum Gasteiger partial charge on any atom is 0.343 e. The van der Waals surface area contributed by atoms with E-state index in [1.54, 1.807) is 48.0 Å². The van der Waals surface area contributed by atoms with Gasteiger partial charge in [-0.25, -0.2) is 23.4 Å². The highest BCUT2D eigenvalue weighted by molar-refractivity contribution is 6.00. The minimum atomic E-state index is -1.12. The number of nitrogens with zero attached hydrogens (tertiary/aromatic N) is 4. The van der Waals surface area contributed by atoms with Gasteiger partial charge in [-0.05, 0) is 67.0 Å². The number of hydrogen-bond donors (Lipinski definition) is 4. The van der Waals surface area contributed by atoms with Gasteiger partial charge in [0.05, 0.1) is 23.1 Å². The number of ether oxygens (including phenoxy) is 1. The van der Waals surface area contributed by atoms with Gasteiger partial charge >= 0.3 is 11.9 Å². The van der Waals surface area contributed by atoms with Crippen LogP contribution < -0.4 is 21.8 Å². The summed E-state index contributed by atoms with van der Waals surface area (Å²) in [5, 5.41) is 19.6. The van der Waals surface area contributed by atoms with Crippen LogP contribution in [0.5, 0.6) is 5.75 Å². The molecule has 0 amide bonds. The van der Waals surface area contributed by atoms with Gasteiger partial charge in [-0.3, -0.25) is 4.79 Å². The zero-order valence-electron chi connectivity index (χ0n) is 28.5. The van der Waals surface area contributed by atoms with Crippen molar-refractivity contribution in [1.82, 2.24) is 14.5 Å². The maximum absolute atomic E-state index is 16.2. The quantitative estimate of drug-likeness (QED) is 0.137. The molecule has 1 aliphatic heterocycles. The van der Waals surface area contributed by atoms with Crippen molar-refractivity contribution in [3.05, 3.63) is 117 Å². The van der Waals surface area contributed by atoms with Crippen LogP contribution in [-0.2, 0) is 17.7 Å². The van der Waals surface area contributed by atoms with Crippen molar-refractivity contribution in [2.45, 2.75) is 38.8 Å². The van der Waals surface area contributed by atoms with E-state index in [1.165, 1.54) is 12.3 Å². The highest BCUT2D eigenvalue weighted by Gasteiger charge is 2.31. The lowest BCUT2D eigenvalue weighted by Crippen LogP contribution is -2.22. The van der Waals surface area contributed by atoms with Gasteiger partial charge in [-0.2, -0.15) is 4.98 Å². The molecule has 2 aromatic heterocycles. The van der Waals surface area contributed by atoms with Gasteiger partial charge in [0.1, 0.15) is 28.5 Å². The number of carboxylic acids is 1. The van der Waals surface area contributed by atoms with Crippen molar-refractivity contribution in [2.24, 2.45) is 0 Å². The van der Waals surface area contributed by atoms with Crippen LogP contribution in [0.4, 0.5) is 26.2 Å². The molecule has 53 heavy (non-hydrogen) atoms. The van der Waals surface area contributed by atoms with Crippen molar-refractivity contribution in [3.8, 4) is 16.9 Å². The van der Waals surface area contributed by atoms with E-state index >= 15 is 8.78 Å². The maximum atomic E-state index is 16.2. The summed E-state index contributed by atoms with van der Waals surface area (Å²) < 4.78 is 38.3. The summed E-state index contributed by atoms with van der Waals surface area (Å²) in [5.41, 5.74) is 13.3. The fraction of sp³-hybridized carbons (Fsp3) is 0.205. The Labute approximate surface area is 300 Å². The molecule has 0 bridgehead atoms. The van der Waals surface area contributed by atoms with E-state index in [4.69, 9.17) is 21.3 Å². The molecule has 3 heterocycles. The van der Waals surface area contributed by atoms with Gasteiger partial charge < -0.3 is 35.9 Å². The Balaban J connectivity index is 0.000000260. The number of esters is 1. The molecular weight excluding hydrogens is 686 g/mol. The summed E-state index contributed by atoms with van der Waals surface area (Å²) >= 11 is 0. The van der Waals surface area contributed by atoms with E-state index in [9.17, 15) is 19.5 Å². The second-order valence-electron chi connectivity index (χ2n) is 12.8. The fourth-order valence-electron chi connectivity index (χ4n) is 6.68. The zero-order valence-corrected chi connectivity index (χ0v) is 28.5. The van der Waals surface area contributed by atoms with Crippen LogP contribution in [0, 0.1) is 11.6 Å². The van der Waals surface area contributed by atoms with Gasteiger partial charge in [-0.15, -0.1) is 0 Å². The van der Waals surface area contributed by atoms with Gasteiger partial charge in [0.15, 0.2) is 5.82 Å². The first-order chi connectivity index (χ1) is 25.5. The number of phenols is 1. The zero-order chi connectivity index (χ0) is 37.6. The second-order valence-corrected chi connectivity index (χ2v) is 12.8. The first-order valence-electron chi connectivity index (χ1n) is 16.9. The molecule has 6 aromatic rings. The Morgan fingerprint density at radius 1 is 1.02 bits per heavy atom. The summed E-state index contributed by atoms with van der Waals surface area (Å²) in [7, 11) is 0. The minimum Gasteiger partial charge on any atom is -0.506 e. The molecule has 4 aromatic carbocycles. The second kappa shape index (κ2) is 13.9. The number of carboxylic acid groups (broad SMARTS) is 1. The number of aromatic nitrogens is 3. The summed E-state index contributed by atoms with van der Waals surface area (Å²) in [6.45, 7) is 2.86. The molecule has 8 rings (SSSR count). The highest BCUT2D eigenvalue weighted by Crippen LogP contribution is 2.41. The predicted molar refractivity (Wildman–Crippen MR) is 196 cm³/mol. The number of anilines is 3. The van der Waals surface area contributed by atoms with Gasteiger partial charge in [0.25, 0.3) is 0 Å². The number of fused-ring (bicyclic) bond motifs is 3. The van der Waals surface area contributed by atoms with Crippen LogP contribution in [-0.4, -0.2) is 49.8 Å². The Morgan fingerprint density at radius 3 is 2.51 bits per heavy atom. The van der Waals surface area contributed by atoms with Crippen molar-refractivity contribution < 1.29 is 33.3 Å². The van der Waals surface area contributed by atoms with Crippen LogP contribution in [0.1, 0.15) is 57.7 Å². The van der Waals surface area contributed by atoms with E-state index < -0.39 is 29.0 Å². The van der Waals surface area contributed by atoms with Crippen molar-refractivity contribution in [3.63, 3.8) is 0 Å². The number of halogens is 2. The van der Waals surface area contributed by atoms with Crippen LogP contribution in [0.3, 0.4) is 0 Å². The van der Waals surface area contributed by atoms with E-state index in [2.05, 4.69) is 14.9 Å². The normalized spacial score (nSPS) is 13.5. The van der Waals surface area contributed by atoms with E-state index in [-0.39, 0.29) is 51.9 Å². The van der Waals surface area contributed by atoms with Crippen LogP contribution >= 0.6 is 0 Å². The third-order valence-corrected chi connectivity index (χ3v) is 9.41. The molecule has 2 aliphatic rings. The number of carbonyl (C=O) groups is 2. The van der Waals surface area contributed by atoms with Gasteiger partial charge in [0, 0.05) is 48.2 Å². The number of nitrogen functional groups attached to an aromatic ring is 2. The number of aromatic hydroxyl groups is 1. The Morgan fingerprint density at radius 2 is 1.79 bits per heavy atom. The van der Waals surface area contributed by atoms with E-state index in [0.29, 0.717) is 36.3 Å². The summed E-state index contributed by atoms with van der Waals surface area (Å²) in [5.74, 6) is -3.39. The molecule has 270 valence electrons. The largest absolute Gasteiger partial charge is 0.506 e. The number of hydrogen-bond acceptors (Lipinski definition) is 10. The molecule has 0 radical (unpaired) electrons. The lowest BCUT2D eigenvalue weighted by molar-refractivity contribution is 0.0523. The summed E-state index contributed by atoms with van der Waals surface area (Å²) in [6, 6.07) is 16.4. The lowest BCUT2D eigenvalue weighted by Gasteiger charge is -2.20. The molecule has 0 saturated heterocycles. The molecule has 1 aliphatic carbocycles. The number of pyridine rings is 1. The van der Waals surface area contributed by atoms with Crippen molar-refractivity contribution >= 4 is 51.1 Å². The Kier molecular flexibility index (Phi) is 9.12. The molecule has 14 heteroatoms. The number of nitrogens with two attached hydrogens (primary N) is 2. The number of carbonyl (C=O) groups excluding carboxylic acids is 1. The SMILES string of the molecule is CCOC(=O)c1cn(C2CC2)c2c(F)c(-c3ccc4c(c3)CCN4Cc3cnc(N)nc3N)c(F)cc2c1=O.O=C(O)c1ccc2ccccc2c1O. The molecule has 1 saturated carbocycles. The van der Waals surface area contributed by atoms with Crippen molar-refractivity contribution in [1.29, 1.82) is 0 Å². The highest BCUT2D eigenvalue weighted by atomic mass is 19.1.